The fourth-order valence-electron chi connectivity index (χ4n) is 3.38. The summed E-state index contributed by atoms with van der Waals surface area (Å²) < 4.78 is 0. The lowest BCUT2D eigenvalue weighted by Gasteiger charge is -2.19. The van der Waals surface area contributed by atoms with Crippen LogP contribution in [0.2, 0.25) is 0 Å². The molecule has 1 saturated heterocycles. The van der Waals surface area contributed by atoms with Gasteiger partial charge in [0.1, 0.15) is 0 Å². The monoisotopic (exact) mass is 465 g/mol. The summed E-state index contributed by atoms with van der Waals surface area (Å²) in [6.45, 7) is 3.96. The van der Waals surface area contributed by atoms with Crippen LogP contribution in [0.25, 0.3) is 0 Å². The van der Waals surface area contributed by atoms with Crippen LogP contribution in [0.1, 0.15) is 51.9 Å². The van der Waals surface area contributed by atoms with Gasteiger partial charge in [-0.25, -0.2) is 0 Å². The van der Waals surface area contributed by atoms with Crippen LogP contribution in [0.5, 0.6) is 0 Å². The van der Waals surface area contributed by atoms with Crippen molar-refractivity contribution in [3.63, 3.8) is 0 Å². The Labute approximate surface area is 167 Å². The zero-order valence-corrected chi connectivity index (χ0v) is 17.7. The maximum absolute atomic E-state index is 11.9. The Kier molecular flexibility index (Phi) is 10.1. The molecule has 25 heavy (non-hydrogen) atoms. The van der Waals surface area contributed by atoms with E-state index in [9.17, 15) is 9.59 Å². The lowest BCUT2D eigenvalue weighted by molar-refractivity contribution is -0.129. The highest BCUT2D eigenvalue weighted by atomic mass is 127. The van der Waals surface area contributed by atoms with E-state index in [1.165, 1.54) is 12.8 Å². The van der Waals surface area contributed by atoms with Gasteiger partial charge in [0, 0.05) is 51.6 Å². The first-order valence-corrected chi connectivity index (χ1v) is 9.16. The molecule has 2 fully saturated rings. The van der Waals surface area contributed by atoms with Crippen molar-refractivity contribution in [1.29, 1.82) is 0 Å². The van der Waals surface area contributed by atoms with E-state index in [1.807, 2.05) is 11.8 Å². The highest BCUT2D eigenvalue weighted by molar-refractivity contribution is 14.0. The summed E-state index contributed by atoms with van der Waals surface area (Å²) in [6.07, 6.45) is 6.58. The van der Waals surface area contributed by atoms with Gasteiger partial charge in [-0.3, -0.25) is 14.6 Å². The Bertz CT molecular complexity index is 466. The molecule has 0 radical (unpaired) electrons. The number of hydrogen-bond donors (Lipinski definition) is 3. The summed E-state index contributed by atoms with van der Waals surface area (Å²) >= 11 is 0. The molecule has 1 unspecified atom stereocenters. The van der Waals surface area contributed by atoms with Gasteiger partial charge in [-0.15, -0.1) is 24.0 Å². The maximum atomic E-state index is 11.9. The second-order valence-electron chi connectivity index (χ2n) is 6.62. The fraction of sp³-hybridized carbons (Fsp3) is 0.824. The van der Waals surface area contributed by atoms with Gasteiger partial charge in [-0.05, 0) is 19.3 Å². The minimum Gasteiger partial charge on any atom is -0.356 e. The van der Waals surface area contributed by atoms with Gasteiger partial charge in [0.2, 0.25) is 11.8 Å². The second-order valence-corrected chi connectivity index (χ2v) is 6.62. The lowest BCUT2D eigenvalue weighted by atomic mass is 10.2. The average molecular weight is 465 g/mol. The largest absolute Gasteiger partial charge is 0.356 e. The van der Waals surface area contributed by atoms with Gasteiger partial charge < -0.3 is 20.9 Å². The number of aliphatic imine (C=N–C) groups is 1. The molecule has 1 aliphatic heterocycles. The molecule has 0 aromatic carbocycles. The van der Waals surface area contributed by atoms with E-state index < -0.39 is 0 Å². The molecule has 1 saturated carbocycles. The standard InChI is InChI=1S/C17H31N5O2.HI/c1-3-16(24)22-11-9-14(12-22)21-17(18-2)19-10-8-15(23)20-13-6-4-5-7-13;/h13-14H,3-12H2,1-2H3,(H,20,23)(H2,18,19,21);1H. The number of nitrogens with zero attached hydrogens (tertiary/aromatic N) is 2. The topological polar surface area (TPSA) is 85.8 Å². The molecule has 0 spiro atoms. The predicted octanol–water partition coefficient (Wildman–Crippen LogP) is 1.23. The zero-order chi connectivity index (χ0) is 17.4. The summed E-state index contributed by atoms with van der Waals surface area (Å²) in [5.41, 5.74) is 0. The van der Waals surface area contributed by atoms with Gasteiger partial charge in [0.25, 0.3) is 0 Å². The quantitative estimate of drug-likeness (QED) is 0.313. The summed E-state index contributed by atoms with van der Waals surface area (Å²) in [4.78, 5) is 29.7. The van der Waals surface area contributed by atoms with Crippen molar-refractivity contribution in [3.8, 4) is 0 Å². The van der Waals surface area contributed by atoms with Crippen molar-refractivity contribution >= 4 is 41.8 Å². The number of carbonyl (C=O) groups excluding carboxylic acids is 2. The molecule has 2 aliphatic rings. The van der Waals surface area contributed by atoms with Crippen LogP contribution in [0.3, 0.4) is 0 Å². The number of likely N-dealkylation sites (tertiary alicyclic amines) is 1. The van der Waals surface area contributed by atoms with Gasteiger partial charge in [0.05, 0.1) is 0 Å². The highest BCUT2D eigenvalue weighted by Gasteiger charge is 2.25. The van der Waals surface area contributed by atoms with Gasteiger partial charge in [-0.2, -0.15) is 0 Å². The fourth-order valence-corrected chi connectivity index (χ4v) is 3.38. The molecule has 2 amide bonds. The first-order chi connectivity index (χ1) is 11.6. The van der Waals surface area contributed by atoms with Gasteiger partial charge in [-0.1, -0.05) is 19.8 Å². The Hall–Kier alpha value is -1.06. The molecule has 144 valence electrons. The van der Waals surface area contributed by atoms with E-state index >= 15 is 0 Å². The third-order valence-electron chi connectivity index (χ3n) is 4.77. The van der Waals surface area contributed by atoms with E-state index in [1.54, 1.807) is 7.05 Å². The Balaban J connectivity index is 0.00000312. The molecule has 3 N–H and O–H groups in total. The van der Waals surface area contributed by atoms with Crippen molar-refractivity contribution in [1.82, 2.24) is 20.9 Å². The van der Waals surface area contributed by atoms with E-state index in [4.69, 9.17) is 0 Å². The summed E-state index contributed by atoms with van der Waals surface area (Å²) in [6, 6.07) is 0.592. The molecule has 7 nitrogen and oxygen atoms in total. The summed E-state index contributed by atoms with van der Waals surface area (Å²) in [5.74, 6) is 0.996. The van der Waals surface area contributed by atoms with Crippen molar-refractivity contribution < 1.29 is 9.59 Å². The second kappa shape index (κ2) is 11.5. The van der Waals surface area contributed by atoms with Crippen LogP contribution in [0.15, 0.2) is 4.99 Å². The Morgan fingerprint density at radius 3 is 2.48 bits per heavy atom. The molecule has 0 aromatic heterocycles. The minimum atomic E-state index is 0. The van der Waals surface area contributed by atoms with Crippen LogP contribution in [-0.4, -0.2) is 61.4 Å². The molecule has 2 rings (SSSR count). The number of carbonyl (C=O) groups is 2. The first kappa shape index (κ1) is 22.0. The number of rotatable bonds is 6. The van der Waals surface area contributed by atoms with Crippen LogP contribution < -0.4 is 16.0 Å². The molecule has 1 atom stereocenters. The number of hydrogen-bond acceptors (Lipinski definition) is 3. The first-order valence-electron chi connectivity index (χ1n) is 9.16. The molecular formula is C17H32IN5O2. The van der Waals surface area contributed by atoms with Crippen LogP contribution >= 0.6 is 24.0 Å². The van der Waals surface area contributed by atoms with E-state index in [2.05, 4.69) is 20.9 Å². The molecule has 8 heteroatoms. The molecular weight excluding hydrogens is 433 g/mol. The van der Waals surface area contributed by atoms with Gasteiger partial charge >= 0.3 is 0 Å². The molecule has 1 aliphatic carbocycles. The van der Waals surface area contributed by atoms with Crippen LogP contribution in [0.4, 0.5) is 0 Å². The van der Waals surface area contributed by atoms with Gasteiger partial charge in [0.15, 0.2) is 5.96 Å². The number of nitrogens with one attached hydrogen (secondary N) is 3. The minimum absolute atomic E-state index is 0. The summed E-state index contributed by atoms with van der Waals surface area (Å²) in [5, 5.41) is 9.60. The Morgan fingerprint density at radius 1 is 1.12 bits per heavy atom. The highest BCUT2D eigenvalue weighted by Crippen LogP contribution is 2.17. The van der Waals surface area contributed by atoms with Crippen LogP contribution in [-0.2, 0) is 9.59 Å². The van der Waals surface area contributed by atoms with Crippen molar-refractivity contribution in [2.75, 3.05) is 26.7 Å². The predicted molar refractivity (Wildman–Crippen MR) is 110 cm³/mol. The maximum Gasteiger partial charge on any atom is 0.222 e. The number of amides is 2. The number of halogens is 1. The van der Waals surface area contributed by atoms with Crippen LogP contribution in [0, 0.1) is 0 Å². The normalized spacial score (nSPS) is 21.0. The number of guanidine groups is 1. The van der Waals surface area contributed by atoms with Crippen molar-refractivity contribution in [2.45, 2.75) is 64.0 Å². The molecule has 1 heterocycles. The third kappa shape index (κ3) is 7.37. The van der Waals surface area contributed by atoms with Crippen molar-refractivity contribution in [2.24, 2.45) is 4.99 Å². The lowest BCUT2D eigenvalue weighted by Crippen LogP contribution is -2.46. The smallest absolute Gasteiger partial charge is 0.222 e. The SMILES string of the molecule is CCC(=O)N1CCC(NC(=NC)NCCC(=O)NC2CCCC2)C1.I. The summed E-state index contributed by atoms with van der Waals surface area (Å²) in [7, 11) is 1.72. The van der Waals surface area contributed by atoms with Crippen molar-refractivity contribution in [3.05, 3.63) is 0 Å². The van der Waals surface area contributed by atoms with E-state index in [-0.39, 0.29) is 41.8 Å². The zero-order valence-electron chi connectivity index (χ0n) is 15.3. The molecule has 0 aromatic rings. The average Bonchev–Trinajstić information content (AvgIpc) is 3.25. The van der Waals surface area contributed by atoms with E-state index in [0.717, 1.165) is 32.4 Å². The third-order valence-corrected chi connectivity index (χ3v) is 4.77. The Morgan fingerprint density at radius 2 is 1.84 bits per heavy atom. The van der Waals surface area contributed by atoms with E-state index in [0.29, 0.717) is 31.4 Å². The molecule has 0 bridgehead atoms.